The largest absolute Gasteiger partial charge is 0.770 e. The van der Waals surface area contributed by atoms with Crippen molar-refractivity contribution in [3.8, 4) is 0 Å². The first-order valence-electron chi connectivity index (χ1n) is 2.88. The van der Waals surface area contributed by atoms with Gasteiger partial charge >= 0.3 is 0 Å². The molecule has 10 heavy (non-hydrogen) atoms. The minimum absolute atomic E-state index is 0.155. The molecule has 0 aliphatic carbocycles. The van der Waals surface area contributed by atoms with Gasteiger partial charge in [0.25, 0.3) is 5.91 Å². The molecule has 0 radical (unpaired) electrons. The van der Waals surface area contributed by atoms with E-state index in [9.17, 15) is 10.0 Å². The van der Waals surface area contributed by atoms with Crippen molar-refractivity contribution in [3.63, 3.8) is 0 Å². The molecule has 0 aromatic rings. The fourth-order valence-corrected chi connectivity index (χ4v) is 0.749. The lowest BCUT2D eigenvalue weighted by atomic mass is 10.2. The van der Waals surface area contributed by atoms with E-state index in [1.54, 1.807) is 0 Å². The number of hydrogen-bond donors (Lipinski definition) is 3. The lowest BCUT2D eigenvalue weighted by molar-refractivity contribution is -0.121. The molecule has 1 atom stereocenters. The maximum atomic E-state index is 10.6. The minimum atomic E-state index is -0.787. The van der Waals surface area contributed by atoms with Gasteiger partial charge in [-0.2, -0.15) is 5.53 Å². The summed E-state index contributed by atoms with van der Waals surface area (Å²) in [5, 5.41) is 19.4. The quantitative estimate of drug-likeness (QED) is 0.423. The smallest absolute Gasteiger partial charge is 0.252 e. The van der Waals surface area contributed by atoms with Crippen molar-refractivity contribution >= 4 is 5.91 Å². The third-order valence-electron chi connectivity index (χ3n) is 1.28. The van der Waals surface area contributed by atoms with Crippen LogP contribution >= 0.6 is 0 Å². The monoisotopic (exact) mass is 146 g/mol. The van der Waals surface area contributed by atoms with Gasteiger partial charge in [0, 0.05) is 6.61 Å². The highest BCUT2D eigenvalue weighted by Crippen LogP contribution is 2.02. The van der Waals surface area contributed by atoms with Crippen LogP contribution in [0.25, 0.3) is 0 Å². The van der Waals surface area contributed by atoms with E-state index >= 15 is 0 Å². The Morgan fingerprint density at radius 1 is 1.80 bits per heavy atom. The molecular weight excluding hydrogens is 138 g/mol. The van der Waals surface area contributed by atoms with Crippen molar-refractivity contribution in [2.75, 3.05) is 6.61 Å². The van der Waals surface area contributed by atoms with Crippen LogP contribution in [0.4, 0.5) is 0 Å². The number of amides is 1. The van der Waals surface area contributed by atoms with Gasteiger partial charge in [-0.05, 0) is 6.42 Å². The molecule has 1 saturated heterocycles. The molecule has 1 fully saturated rings. The highest BCUT2D eigenvalue weighted by Gasteiger charge is 2.24. The Bertz CT molecular complexity index is 140. The van der Waals surface area contributed by atoms with E-state index < -0.39 is 11.9 Å². The summed E-state index contributed by atoms with van der Waals surface area (Å²) in [6, 6.07) is -0.787. The fraction of sp³-hybridized carbons (Fsp3) is 0.750. The predicted octanol–water partition coefficient (Wildman–Crippen LogP) is -1.91. The van der Waals surface area contributed by atoms with E-state index in [4.69, 9.17) is 5.11 Å². The second-order valence-corrected chi connectivity index (χ2v) is 1.95. The summed E-state index contributed by atoms with van der Waals surface area (Å²) in [6.07, 6.45) is 0.155. The Morgan fingerprint density at radius 2 is 2.50 bits per heavy atom. The van der Waals surface area contributed by atoms with Crippen molar-refractivity contribution < 1.29 is 9.90 Å². The molecule has 0 saturated carbocycles. The molecule has 0 aromatic carbocycles. The summed E-state index contributed by atoms with van der Waals surface area (Å²) in [5.41, 5.74) is 4.19. The summed E-state index contributed by atoms with van der Waals surface area (Å²) in [6.45, 7) is -0.168. The average Bonchev–Trinajstić information content (AvgIpc) is 2.20. The SMILES string of the molecule is O=C1NNN([O-])C1CCO. The van der Waals surface area contributed by atoms with Crippen LogP contribution in [0.15, 0.2) is 0 Å². The van der Waals surface area contributed by atoms with Gasteiger partial charge in [-0.15, -0.1) is 0 Å². The van der Waals surface area contributed by atoms with Crippen LogP contribution in [0.3, 0.4) is 0 Å². The Morgan fingerprint density at radius 3 is 2.90 bits per heavy atom. The Labute approximate surface area is 57.3 Å². The van der Waals surface area contributed by atoms with E-state index in [2.05, 4.69) is 11.0 Å². The second-order valence-electron chi connectivity index (χ2n) is 1.95. The summed E-state index contributed by atoms with van der Waals surface area (Å²) in [7, 11) is 0. The molecule has 1 amide bonds. The molecule has 6 heteroatoms. The van der Waals surface area contributed by atoms with Crippen molar-refractivity contribution in [2.24, 2.45) is 0 Å². The number of carbonyl (C=O) groups excluding carboxylic acids is 1. The number of hydrogen-bond acceptors (Lipinski definition) is 5. The van der Waals surface area contributed by atoms with Crippen molar-refractivity contribution in [2.45, 2.75) is 12.5 Å². The Kier molecular flexibility index (Phi) is 2.17. The van der Waals surface area contributed by atoms with E-state index in [-0.39, 0.29) is 13.0 Å². The van der Waals surface area contributed by atoms with Gasteiger partial charge in [-0.1, -0.05) is 0 Å². The zero-order chi connectivity index (χ0) is 7.56. The Hall–Kier alpha value is -0.690. The number of nitrogens with zero attached hydrogens (tertiary/aromatic N) is 1. The van der Waals surface area contributed by atoms with Gasteiger partial charge in [0.15, 0.2) is 0 Å². The van der Waals surface area contributed by atoms with Crippen LogP contribution < -0.4 is 11.0 Å². The molecule has 0 spiro atoms. The van der Waals surface area contributed by atoms with Crippen LogP contribution in [0.2, 0.25) is 0 Å². The topological polar surface area (TPSA) is 87.7 Å². The van der Waals surface area contributed by atoms with Gasteiger partial charge in [-0.3, -0.25) is 15.4 Å². The number of carbonyl (C=O) groups is 1. The second kappa shape index (κ2) is 2.93. The summed E-state index contributed by atoms with van der Waals surface area (Å²) < 4.78 is 0. The van der Waals surface area contributed by atoms with Crippen molar-refractivity contribution in [1.29, 1.82) is 0 Å². The molecule has 3 N–H and O–H groups in total. The lowest BCUT2D eigenvalue weighted by Gasteiger charge is -2.24. The molecule has 1 aliphatic heterocycles. The molecule has 1 aliphatic rings. The number of aliphatic hydroxyl groups is 1. The molecule has 1 unspecified atom stereocenters. The third kappa shape index (κ3) is 1.24. The number of hydroxylamine groups is 1. The number of nitrogens with one attached hydrogen (secondary N) is 2. The molecule has 1 heterocycles. The lowest BCUT2D eigenvalue weighted by Crippen LogP contribution is -2.34. The van der Waals surface area contributed by atoms with Crippen LogP contribution in [-0.2, 0) is 4.79 Å². The highest BCUT2D eigenvalue weighted by molar-refractivity contribution is 5.82. The van der Waals surface area contributed by atoms with E-state index in [0.29, 0.717) is 5.17 Å². The van der Waals surface area contributed by atoms with Gasteiger partial charge in [0.05, 0.1) is 6.04 Å². The van der Waals surface area contributed by atoms with Crippen LogP contribution in [0.1, 0.15) is 6.42 Å². The maximum absolute atomic E-state index is 10.6. The molecule has 0 bridgehead atoms. The van der Waals surface area contributed by atoms with Gasteiger partial charge in [0.1, 0.15) is 0 Å². The first-order valence-corrected chi connectivity index (χ1v) is 2.88. The molecule has 6 nitrogen and oxygen atoms in total. The predicted molar refractivity (Wildman–Crippen MR) is 32.0 cm³/mol. The normalized spacial score (nSPS) is 27.0. The van der Waals surface area contributed by atoms with Crippen molar-refractivity contribution in [1.82, 2.24) is 16.1 Å². The van der Waals surface area contributed by atoms with E-state index in [0.717, 1.165) is 0 Å². The zero-order valence-electron chi connectivity index (χ0n) is 5.20. The third-order valence-corrected chi connectivity index (χ3v) is 1.28. The molecule has 58 valence electrons. The summed E-state index contributed by atoms with van der Waals surface area (Å²) in [5.74, 6) is -0.399. The number of hydrazine groups is 2. The van der Waals surface area contributed by atoms with Crippen LogP contribution in [0.5, 0.6) is 0 Å². The number of aliphatic hydroxyl groups excluding tert-OH is 1. The first kappa shape index (κ1) is 7.42. The standard InChI is InChI=1S/C4H8N3O3/c8-2-1-3-4(9)5-6-7(3)10/h3,6,8H,1-2H2,(H,5,9)/q-1. The van der Waals surface area contributed by atoms with Gasteiger partial charge in [0.2, 0.25) is 0 Å². The summed E-state index contributed by atoms with van der Waals surface area (Å²) >= 11 is 0. The minimum Gasteiger partial charge on any atom is -0.770 e. The van der Waals surface area contributed by atoms with Crippen molar-refractivity contribution in [3.05, 3.63) is 5.21 Å². The van der Waals surface area contributed by atoms with E-state index in [1.165, 1.54) is 0 Å². The maximum Gasteiger partial charge on any atom is 0.252 e. The fourth-order valence-electron chi connectivity index (χ4n) is 0.749. The van der Waals surface area contributed by atoms with Gasteiger partial charge in [-0.25, -0.2) is 0 Å². The Balaban J connectivity index is 2.46. The zero-order valence-corrected chi connectivity index (χ0v) is 5.20. The van der Waals surface area contributed by atoms with Crippen LogP contribution in [-0.4, -0.2) is 28.8 Å². The molecule has 1 rings (SSSR count). The highest BCUT2D eigenvalue weighted by atomic mass is 16.6. The number of rotatable bonds is 2. The average molecular weight is 146 g/mol. The molecular formula is C4H8N3O3-. The molecule has 0 aromatic heterocycles. The first-order chi connectivity index (χ1) is 4.75. The van der Waals surface area contributed by atoms with E-state index in [1.807, 2.05) is 0 Å². The van der Waals surface area contributed by atoms with Crippen LogP contribution in [0, 0.1) is 5.21 Å². The summed E-state index contributed by atoms with van der Waals surface area (Å²) in [4.78, 5) is 10.6. The van der Waals surface area contributed by atoms with Gasteiger partial charge < -0.3 is 10.3 Å².